The van der Waals surface area contributed by atoms with Crippen molar-refractivity contribution >= 4 is 57.5 Å². The highest BCUT2D eigenvalue weighted by atomic mass is 127. The molecule has 1 nitrogen and oxygen atoms in total. The number of para-hydroxylation sites is 1. The molecule has 80 valence electrons. The minimum Gasteiger partial charge on any atom is -0.256 e. The van der Waals surface area contributed by atoms with Crippen LogP contribution in [0.4, 0.5) is 0 Å². The van der Waals surface area contributed by atoms with Crippen LogP contribution in [0.5, 0.6) is 0 Å². The molecule has 0 aliphatic heterocycles. The topological polar surface area (TPSA) is 12.9 Å². The molecule has 0 saturated heterocycles. The number of aromatic nitrogens is 1. The molecule has 1 aromatic carbocycles. The SMILES string of the molecule is I.ICCCc1cnc2ccccc2c1. The standard InChI is InChI=1S/C12H12IN.HI/c13-7-3-4-10-8-11-5-1-2-6-12(11)14-9-10;/h1-2,5-6,8-9H,3-4,7H2;1H. The lowest BCUT2D eigenvalue weighted by molar-refractivity contribution is 0.940. The summed E-state index contributed by atoms with van der Waals surface area (Å²) in [6.45, 7) is 0. The van der Waals surface area contributed by atoms with Gasteiger partial charge in [0.2, 0.25) is 0 Å². The van der Waals surface area contributed by atoms with Gasteiger partial charge in [0, 0.05) is 11.6 Å². The zero-order valence-electron chi connectivity index (χ0n) is 8.32. The summed E-state index contributed by atoms with van der Waals surface area (Å²) in [5.41, 5.74) is 2.44. The van der Waals surface area contributed by atoms with E-state index in [-0.39, 0.29) is 24.0 Å². The fourth-order valence-electron chi connectivity index (χ4n) is 1.52. The van der Waals surface area contributed by atoms with E-state index in [1.165, 1.54) is 21.8 Å². The molecular formula is C12H13I2N. The van der Waals surface area contributed by atoms with Crippen LogP contribution in [0.3, 0.4) is 0 Å². The number of hydrogen-bond acceptors (Lipinski definition) is 1. The Morgan fingerprint density at radius 3 is 2.80 bits per heavy atom. The van der Waals surface area contributed by atoms with Crippen molar-refractivity contribution in [3.63, 3.8) is 0 Å². The van der Waals surface area contributed by atoms with Crippen molar-refractivity contribution in [3.05, 3.63) is 42.1 Å². The van der Waals surface area contributed by atoms with Crippen LogP contribution >= 0.6 is 46.6 Å². The maximum Gasteiger partial charge on any atom is 0.0702 e. The second-order valence-corrected chi connectivity index (χ2v) is 4.41. The van der Waals surface area contributed by atoms with Crippen LogP contribution in [0.1, 0.15) is 12.0 Å². The Balaban J connectivity index is 0.00000112. The molecule has 0 radical (unpaired) electrons. The van der Waals surface area contributed by atoms with Crippen LogP contribution in [0.2, 0.25) is 0 Å². The average molecular weight is 425 g/mol. The third-order valence-electron chi connectivity index (χ3n) is 2.25. The van der Waals surface area contributed by atoms with Gasteiger partial charge in [0.05, 0.1) is 5.52 Å². The number of halogens is 2. The van der Waals surface area contributed by atoms with Gasteiger partial charge in [-0.05, 0) is 35.0 Å². The molecule has 1 aromatic heterocycles. The van der Waals surface area contributed by atoms with Gasteiger partial charge < -0.3 is 0 Å². The molecule has 0 spiro atoms. The lowest BCUT2D eigenvalue weighted by Gasteiger charge is -2.01. The van der Waals surface area contributed by atoms with Crippen LogP contribution in [0.25, 0.3) is 10.9 Å². The molecule has 0 atom stereocenters. The van der Waals surface area contributed by atoms with Crippen molar-refractivity contribution in [2.45, 2.75) is 12.8 Å². The van der Waals surface area contributed by atoms with Crippen LogP contribution in [0.15, 0.2) is 36.5 Å². The van der Waals surface area contributed by atoms with Crippen molar-refractivity contribution in [3.8, 4) is 0 Å². The molecule has 0 unspecified atom stereocenters. The van der Waals surface area contributed by atoms with Crippen molar-refractivity contribution in [2.24, 2.45) is 0 Å². The van der Waals surface area contributed by atoms with Gasteiger partial charge in [-0.3, -0.25) is 4.98 Å². The van der Waals surface area contributed by atoms with Crippen LogP contribution in [-0.4, -0.2) is 9.41 Å². The van der Waals surface area contributed by atoms with Gasteiger partial charge in [-0.1, -0.05) is 40.8 Å². The Labute approximate surface area is 121 Å². The summed E-state index contributed by atoms with van der Waals surface area (Å²) in [7, 11) is 0. The van der Waals surface area contributed by atoms with Crippen molar-refractivity contribution in [1.29, 1.82) is 0 Å². The lowest BCUT2D eigenvalue weighted by Crippen LogP contribution is -1.88. The summed E-state index contributed by atoms with van der Waals surface area (Å²) in [6, 6.07) is 10.5. The number of nitrogens with zero attached hydrogens (tertiary/aromatic N) is 1. The smallest absolute Gasteiger partial charge is 0.0702 e. The normalized spacial score (nSPS) is 9.93. The predicted molar refractivity (Wildman–Crippen MR) is 84.4 cm³/mol. The second-order valence-electron chi connectivity index (χ2n) is 3.33. The first kappa shape index (κ1) is 13.2. The van der Waals surface area contributed by atoms with Gasteiger partial charge in [0.15, 0.2) is 0 Å². The summed E-state index contributed by atoms with van der Waals surface area (Å²) in [4.78, 5) is 4.43. The van der Waals surface area contributed by atoms with Crippen LogP contribution in [0, 0.1) is 0 Å². The molecule has 3 heteroatoms. The minimum absolute atomic E-state index is 0. The zero-order chi connectivity index (χ0) is 9.80. The van der Waals surface area contributed by atoms with Gasteiger partial charge >= 0.3 is 0 Å². The third kappa shape index (κ3) is 3.55. The first-order valence-electron chi connectivity index (χ1n) is 4.80. The van der Waals surface area contributed by atoms with Crippen molar-refractivity contribution in [2.75, 3.05) is 4.43 Å². The largest absolute Gasteiger partial charge is 0.256 e. The highest BCUT2D eigenvalue weighted by molar-refractivity contribution is 14.1. The number of rotatable bonds is 3. The van der Waals surface area contributed by atoms with E-state index in [2.05, 4.69) is 51.8 Å². The van der Waals surface area contributed by atoms with E-state index in [0.29, 0.717) is 0 Å². The molecule has 0 saturated carbocycles. The maximum atomic E-state index is 4.43. The van der Waals surface area contributed by atoms with Gasteiger partial charge in [-0.15, -0.1) is 24.0 Å². The van der Waals surface area contributed by atoms with E-state index in [9.17, 15) is 0 Å². The van der Waals surface area contributed by atoms with E-state index < -0.39 is 0 Å². The first-order chi connectivity index (χ1) is 6.90. The van der Waals surface area contributed by atoms with E-state index in [1.807, 2.05) is 12.3 Å². The zero-order valence-corrected chi connectivity index (χ0v) is 12.8. The number of aryl methyl sites for hydroxylation is 1. The summed E-state index contributed by atoms with van der Waals surface area (Å²) in [5.74, 6) is 0. The molecule has 0 aliphatic carbocycles. The fraction of sp³-hybridized carbons (Fsp3) is 0.250. The third-order valence-corrected chi connectivity index (χ3v) is 3.01. The number of pyridine rings is 1. The molecule has 0 N–H and O–H groups in total. The number of benzene rings is 1. The Bertz CT molecular complexity index is 429. The van der Waals surface area contributed by atoms with E-state index >= 15 is 0 Å². The minimum atomic E-state index is 0. The quantitative estimate of drug-likeness (QED) is 0.531. The average Bonchev–Trinajstić information content (AvgIpc) is 2.26. The second kappa shape index (κ2) is 6.62. The first-order valence-corrected chi connectivity index (χ1v) is 6.32. The predicted octanol–water partition coefficient (Wildman–Crippen LogP) is 4.22. The Morgan fingerprint density at radius 2 is 2.00 bits per heavy atom. The molecule has 1 heterocycles. The Hall–Kier alpha value is 0.0900. The van der Waals surface area contributed by atoms with E-state index in [0.717, 1.165) is 11.9 Å². The van der Waals surface area contributed by atoms with Gasteiger partial charge in [-0.2, -0.15) is 0 Å². The van der Waals surface area contributed by atoms with Crippen LogP contribution in [-0.2, 0) is 6.42 Å². The molecule has 15 heavy (non-hydrogen) atoms. The van der Waals surface area contributed by atoms with Gasteiger partial charge in [0.25, 0.3) is 0 Å². The van der Waals surface area contributed by atoms with Crippen molar-refractivity contribution < 1.29 is 0 Å². The molecule has 0 fully saturated rings. The number of alkyl halides is 1. The van der Waals surface area contributed by atoms with Crippen molar-refractivity contribution in [1.82, 2.24) is 4.98 Å². The summed E-state index contributed by atoms with van der Waals surface area (Å²) in [6.07, 6.45) is 4.37. The summed E-state index contributed by atoms with van der Waals surface area (Å²) >= 11 is 2.41. The van der Waals surface area contributed by atoms with Gasteiger partial charge in [0.1, 0.15) is 0 Å². The Morgan fingerprint density at radius 1 is 1.20 bits per heavy atom. The molecular weight excluding hydrogens is 412 g/mol. The lowest BCUT2D eigenvalue weighted by atomic mass is 10.1. The van der Waals surface area contributed by atoms with E-state index in [4.69, 9.17) is 0 Å². The molecule has 0 amide bonds. The van der Waals surface area contributed by atoms with Gasteiger partial charge in [-0.25, -0.2) is 0 Å². The van der Waals surface area contributed by atoms with Crippen LogP contribution < -0.4 is 0 Å². The molecule has 2 aromatic rings. The number of hydrogen-bond donors (Lipinski definition) is 0. The fourth-order valence-corrected chi connectivity index (χ4v) is 1.91. The monoisotopic (exact) mass is 425 g/mol. The number of fused-ring (bicyclic) bond motifs is 1. The summed E-state index contributed by atoms with van der Waals surface area (Å²) < 4.78 is 1.21. The molecule has 2 rings (SSSR count). The van der Waals surface area contributed by atoms with E-state index in [1.54, 1.807) is 0 Å². The Kier molecular flexibility index (Phi) is 5.81. The maximum absolute atomic E-state index is 4.43. The molecule has 0 aliphatic rings. The highest BCUT2D eigenvalue weighted by Crippen LogP contribution is 2.13. The molecule has 0 bridgehead atoms. The summed E-state index contributed by atoms with van der Waals surface area (Å²) in [5, 5.41) is 1.25. The highest BCUT2D eigenvalue weighted by Gasteiger charge is 1.96.